The minimum Gasteiger partial charge on any atom is -0.497 e. The highest BCUT2D eigenvalue weighted by molar-refractivity contribution is 7.92. The minimum atomic E-state index is -3.83. The van der Waals surface area contributed by atoms with Crippen molar-refractivity contribution in [1.82, 2.24) is 4.98 Å². The molecule has 0 radical (unpaired) electrons. The lowest BCUT2D eigenvalue weighted by molar-refractivity contribution is 0.102. The Kier molecular flexibility index (Phi) is 5.43. The molecule has 27 heavy (non-hydrogen) atoms. The molecule has 1 N–H and O–H groups in total. The molecule has 0 spiro atoms. The average Bonchev–Trinajstić information content (AvgIpc) is 3.20. The van der Waals surface area contributed by atoms with Gasteiger partial charge in [-0.2, -0.15) is 0 Å². The van der Waals surface area contributed by atoms with Gasteiger partial charge in [0.15, 0.2) is 5.13 Å². The molecule has 0 fully saturated rings. The number of ether oxygens (including phenoxy) is 1. The van der Waals surface area contributed by atoms with Crippen LogP contribution < -0.4 is 14.4 Å². The fraction of sp³-hybridized carbons (Fsp3) is 0.111. The third-order valence-corrected chi connectivity index (χ3v) is 6.31. The Hall–Kier alpha value is -2.91. The Morgan fingerprint density at radius 1 is 1.19 bits per heavy atom. The topological polar surface area (TPSA) is 88.6 Å². The standard InChI is InChI=1S/C18H17N3O4S2/c1-21(14-6-8-15(25-2)9-7-14)27(23,24)16-5-3-4-13(12-16)17(22)20-18-19-10-11-26-18/h3-12H,1-2H3,(H,19,20,22). The highest BCUT2D eigenvalue weighted by Crippen LogP contribution is 2.25. The van der Waals surface area contributed by atoms with Gasteiger partial charge < -0.3 is 4.74 Å². The molecule has 0 saturated heterocycles. The van der Waals surface area contributed by atoms with Gasteiger partial charge in [0.2, 0.25) is 0 Å². The first-order valence-electron chi connectivity index (χ1n) is 7.86. The second-order valence-electron chi connectivity index (χ2n) is 5.49. The number of hydrogen-bond acceptors (Lipinski definition) is 6. The number of rotatable bonds is 6. The van der Waals surface area contributed by atoms with Crippen molar-refractivity contribution in [1.29, 1.82) is 0 Å². The largest absolute Gasteiger partial charge is 0.497 e. The van der Waals surface area contributed by atoms with E-state index in [4.69, 9.17) is 4.74 Å². The van der Waals surface area contributed by atoms with Gasteiger partial charge in [-0.3, -0.25) is 14.4 Å². The van der Waals surface area contributed by atoms with Crippen LogP contribution >= 0.6 is 11.3 Å². The Balaban J connectivity index is 1.86. The van der Waals surface area contributed by atoms with Crippen LogP contribution in [0.15, 0.2) is 65.0 Å². The molecule has 3 aromatic rings. The number of benzene rings is 2. The van der Waals surface area contributed by atoms with Crippen LogP contribution in [0.1, 0.15) is 10.4 Å². The Labute approximate surface area is 161 Å². The van der Waals surface area contributed by atoms with Gasteiger partial charge in [-0.05, 0) is 42.5 Å². The van der Waals surface area contributed by atoms with Crippen molar-refractivity contribution >= 4 is 38.1 Å². The summed E-state index contributed by atoms with van der Waals surface area (Å²) < 4.78 is 32.1. The molecule has 9 heteroatoms. The summed E-state index contributed by atoms with van der Waals surface area (Å²) in [4.78, 5) is 16.3. The third kappa shape index (κ3) is 4.09. The smallest absolute Gasteiger partial charge is 0.264 e. The Morgan fingerprint density at radius 3 is 2.56 bits per heavy atom. The summed E-state index contributed by atoms with van der Waals surface area (Å²) in [6, 6.07) is 12.5. The number of aromatic nitrogens is 1. The molecule has 3 rings (SSSR count). The number of carbonyl (C=O) groups is 1. The first-order chi connectivity index (χ1) is 12.9. The molecule has 0 aliphatic rings. The van der Waals surface area contributed by atoms with Crippen LogP contribution in [-0.2, 0) is 10.0 Å². The number of nitrogens with one attached hydrogen (secondary N) is 1. The van der Waals surface area contributed by atoms with Crippen LogP contribution in [0.4, 0.5) is 10.8 Å². The van der Waals surface area contributed by atoms with Crippen LogP contribution in [0.2, 0.25) is 0 Å². The number of nitrogens with zero attached hydrogens (tertiary/aromatic N) is 2. The summed E-state index contributed by atoms with van der Waals surface area (Å²) in [6.07, 6.45) is 1.57. The lowest BCUT2D eigenvalue weighted by Gasteiger charge is -2.20. The highest BCUT2D eigenvalue weighted by atomic mass is 32.2. The third-order valence-electron chi connectivity index (χ3n) is 3.84. The molecule has 0 atom stereocenters. The number of carbonyl (C=O) groups excluding carboxylic acids is 1. The number of hydrogen-bond donors (Lipinski definition) is 1. The van der Waals surface area contributed by atoms with Crippen LogP contribution in [0.3, 0.4) is 0 Å². The van der Waals surface area contributed by atoms with Crippen molar-refractivity contribution in [3.8, 4) is 5.75 Å². The van der Waals surface area contributed by atoms with Gasteiger partial charge in [-0.1, -0.05) is 6.07 Å². The molecule has 0 aliphatic heterocycles. The van der Waals surface area contributed by atoms with Crippen LogP contribution in [0.25, 0.3) is 0 Å². The fourth-order valence-electron chi connectivity index (χ4n) is 2.34. The van der Waals surface area contributed by atoms with Gasteiger partial charge in [0.05, 0.1) is 17.7 Å². The summed E-state index contributed by atoms with van der Waals surface area (Å²) in [5, 5.41) is 4.82. The molecule has 2 aromatic carbocycles. The van der Waals surface area contributed by atoms with Crippen LogP contribution in [0, 0.1) is 0 Å². The van der Waals surface area contributed by atoms with Crippen molar-refractivity contribution in [2.45, 2.75) is 4.90 Å². The molecule has 1 heterocycles. The van der Waals surface area contributed by atoms with Crippen molar-refractivity contribution < 1.29 is 17.9 Å². The zero-order valence-corrected chi connectivity index (χ0v) is 16.3. The van der Waals surface area contributed by atoms with Crippen molar-refractivity contribution in [2.75, 3.05) is 23.8 Å². The first-order valence-corrected chi connectivity index (χ1v) is 10.2. The maximum absolute atomic E-state index is 12.9. The van der Waals surface area contributed by atoms with E-state index in [9.17, 15) is 13.2 Å². The SMILES string of the molecule is COc1ccc(N(C)S(=O)(=O)c2cccc(C(=O)Nc3nccs3)c2)cc1. The molecule has 1 aromatic heterocycles. The molecule has 7 nitrogen and oxygen atoms in total. The molecular formula is C18H17N3O4S2. The van der Waals surface area contributed by atoms with E-state index in [1.54, 1.807) is 41.9 Å². The maximum atomic E-state index is 12.9. The van der Waals surface area contributed by atoms with Crippen molar-refractivity contribution in [3.63, 3.8) is 0 Å². The van der Waals surface area contributed by atoms with E-state index in [1.165, 1.54) is 43.7 Å². The molecule has 0 bridgehead atoms. The summed E-state index contributed by atoms with van der Waals surface area (Å²) in [5.74, 6) is 0.208. The lowest BCUT2D eigenvalue weighted by Crippen LogP contribution is -2.26. The number of sulfonamides is 1. The monoisotopic (exact) mass is 403 g/mol. The van der Waals surface area contributed by atoms with Crippen LogP contribution in [0.5, 0.6) is 5.75 Å². The van der Waals surface area contributed by atoms with Gasteiger partial charge in [-0.15, -0.1) is 11.3 Å². The molecule has 0 aliphatic carbocycles. The van der Waals surface area contributed by atoms with E-state index in [2.05, 4.69) is 10.3 Å². The molecule has 1 amide bonds. The predicted octanol–water partition coefficient (Wildman–Crippen LogP) is 3.23. The quantitative estimate of drug-likeness (QED) is 0.683. The molecule has 0 saturated carbocycles. The van der Waals surface area contributed by atoms with Crippen molar-refractivity contribution in [2.24, 2.45) is 0 Å². The van der Waals surface area contributed by atoms with E-state index in [0.717, 1.165) is 4.31 Å². The highest BCUT2D eigenvalue weighted by Gasteiger charge is 2.22. The van der Waals surface area contributed by atoms with E-state index in [0.29, 0.717) is 16.6 Å². The zero-order chi connectivity index (χ0) is 19.4. The average molecular weight is 403 g/mol. The van der Waals surface area contributed by atoms with Gasteiger partial charge in [0, 0.05) is 24.2 Å². The number of amides is 1. The Morgan fingerprint density at radius 2 is 1.93 bits per heavy atom. The second-order valence-corrected chi connectivity index (χ2v) is 8.35. The van der Waals surface area contributed by atoms with E-state index in [1.807, 2.05) is 0 Å². The fourth-order valence-corrected chi connectivity index (χ4v) is 4.11. The van der Waals surface area contributed by atoms with Crippen LogP contribution in [-0.4, -0.2) is 33.5 Å². The van der Waals surface area contributed by atoms with Gasteiger partial charge in [0.1, 0.15) is 5.75 Å². The number of anilines is 2. The lowest BCUT2D eigenvalue weighted by atomic mass is 10.2. The molecule has 140 valence electrons. The van der Waals surface area contributed by atoms with Gasteiger partial charge >= 0.3 is 0 Å². The number of methoxy groups -OCH3 is 1. The first kappa shape index (κ1) is 18.9. The Bertz CT molecular complexity index is 1030. The predicted molar refractivity (Wildman–Crippen MR) is 105 cm³/mol. The minimum absolute atomic E-state index is 0.0209. The normalized spacial score (nSPS) is 11.0. The summed E-state index contributed by atoms with van der Waals surface area (Å²) in [5.41, 5.74) is 0.711. The maximum Gasteiger partial charge on any atom is 0.264 e. The van der Waals surface area contributed by atoms with Gasteiger partial charge in [-0.25, -0.2) is 13.4 Å². The summed E-state index contributed by atoms with van der Waals surface area (Å²) in [6.45, 7) is 0. The second kappa shape index (κ2) is 7.77. The zero-order valence-electron chi connectivity index (χ0n) is 14.6. The van der Waals surface area contributed by atoms with Gasteiger partial charge in [0.25, 0.3) is 15.9 Å². The molecular weight excluding hydrogens is 386 g/mol. The summed E-state index contributed by atoms with van der Waals surface area (Å²) in [7, 11) is -0.833. The summed E-state index contributed by atoms with van der Waals surface area (Å²) >= 11 is 1.28. The van der Waals surface area contributed by atoms with E-state index in [-0.39, 0.29) is 10.5 Å². The molecule has 0 unspecified atom stereocenters. The van der Waals surface area contributed by atoms with E-state index < -0.39 is 15.9 Å². The van der Waals surface area contributed by atoms with Crippen molar-refractivity contribution in [3.05, 3.63) is 65.7 Å². The number of thiazole rings is 1. The van der Waals surface area contributed by atoms with E-state index >= 15 is 0 Å².